The molecule has 1 heterocycles. The van der Waals surface area contributed by atoms with E-state index >= 15 is 0 Å². The van der Waals surface area contributed by atoms with Crippen molar-refractivity contribution in [3.63, 3.8) is 0 Å². The number of ether oxygens (including phenoxy) is 2. The quantitative estimate of drug-likeness (QED) is 0.824. The molecule has 3 nitrogen and oxygen atoms in total. The summed E-state index contributed by atoms with van der Waals surface area (Å²) in [5.74, 6) is 0.381. The lowest BCUT2D eigenvalue weighted by atomic mass is 9.98. The van der Waals surface area contributed by atoms with Crippen molar-refractivity contribution >= 4 is 11.6 Å². The first-order valence-corrected chi connectivity index (χ1v) is 5.87. The maximum absolute atomic E-state index is 9.24. The number of aliphatic hydroxyl groups is 1. The van der Waals surface area contributed by atoms with Crippen LogP contribution in [0.3, 0.4) is 0 Å². The average Bonchev–Trinajstić information content (AvgIpc) is 2.38. The fourth-order valence-corrected chi connectivity index (χ4v) is 2.26. The molecule has 1 saturated heterocycles. The topological polar surface area (TPSA) is 38.7 Å². The lowest BCUT2D eigenvalue weighted by molar-refractivity contribution is -0.0904. The highest BCUT2D eigenvalue weighted by Crippen LogP contribution is 2.27. The van der Waals surface area contributed by atoms with Crippen molar-refractivity contribution < 1.29 is 14.6 Å². The Morgan fingerprint density at radius 2 is 2.25 bits per heavy atom. The highest BCUT2D eigenvalue weighted by Gasteiger charge is 2.20. The molecule has 0 spiro atoms. The van der Waals surface area contributed by atoms with Gasteiger partial charge in [0, 0.05) is 5.88 Å². The molecule has 2 rings (SSSR count). The minimum Gasteiger partial charge on any atom is -0.392 e. The molecule has 0 saturated carbocycles. The Labute approximate surface area is 99.9 Å². The summed E-state index contributed by atoms with van der Waals surface area (Å²) in [5, 5.41) is 9.24. The van der Waals surface area contributed by atoms with Gasteiger partial charge < -0.3 is 14.6 Å². The first-order chi connectivity index (χ1) is 7.86. The molecule has 1 aromatic rings. The molecular formula is C12H15ClO3. The molecule has 0 bridgehead atoms. The number of benzene rings is 1. The average molecular weight is 243 g/mol. The summed E-state index contributed by atoms with van der Waals surface area (Å²) in [6, 6.07) is 5.77. The largest absolute Gasteiger partial charge is 0.392 e. The Bertz CT molecular complexity index is 348. The molecule has 1 aliphatic rings. The van der Waals surface area contributed by atoms with E-state index in [1.165, 1.54) is 0 Å². The molecule has 0 aliphatic carbocycles. The van der Waals surface area contributed by atoms with Crippen LogP contribution >= 0.6 is 11.6 Å². The second-order valence-electron chi connectivity index (χ2n) is 3.71. The highest BCUT2D eigenvalue weighted by molar-refractivity contribution is 6.17. The molecule has 4 heteroatoms. The van der Waals surface area contributed by atoms with E-state index in [9.17, 15) is 5.11 Å². The molecule has 1 fully saturated rings. The van der Waals surface area contributed by atoms with Crippen molar-refractivity contribution in [1.82, 2.24) is 0 Å². The standard InChI is InChI=1S/C12H15ClO3/c13-6-11-9(7-14)2-1-3-10(11)12-8-15-4-5-16-12/h1-3,12,14H,4-8H2. The number of rotatable bonds is 3. The number of hydrogen-bond acceptors (Lipinski definition) is 3. The van der Waals surface area contributed by atoms with Crippen LogP contribution in [0.1, 0.15) is 22.8 Å². The Morgan fingerprint density at radius 1 is 1.38 bits per heavy atom. The number of hydrogen-bond donors (Lipinski definition) is 1. The van der Waals surface area contributed by atoms with Crippen LogP contribution in [0.25, 0.3) is 0 Å². The zero-order valence-corrected chi connectivity index (χ0v) is 9.74. The maximum atomic E-state index is 9.24. The lowest BCUT2D eigenvalue weighted by Crippen LogP contribution is -2.23. The van der Waals surface area contributed by atoms with Crippen LogP contribution in [0.2, 0.25) is 0 Å². The van der Waals surface area contributed by atoms with Gasteiger partial charge in [-0.15, -0.1) is 11.6 Å². The van der Waals surface area contributed by atoms with Crippen molar-refractivity contribution in [2.24, 2.45) is 0 Å². The summed E-state index contributed by atoms with van der Waals surface area (Å²) in [6.45, 7) is 1.81. The summed E-state index contributed by atoms with van der Waals surface area (Å²) in [6.07, 6.45) is -0.0611. The van der Waals surface area contributed by atoms with Crippen LogP contribution in [-0.2, 0) is 22.0 Å². The fourth-order valence-electron chi connectivity index (χ4n) is 1.93. The van der Waals surface area contributed by atoms with Crippen LogP contribution in [0, 0.1) is 0 Å². The highest BCUT2D eigenvalue weighted by atomic mass is 35.5. The van der Waals surface area contributed by atoms with Crippen LogP contribution in [0.5, 0.6) is 0 Å². The molecule has 1 N–H and O–H groups in total. The van der Waals surface area contributed by atoms with Crippen molar-refractivity contribution in [2.45, 2.75) is 18.6 Å². The van der Waals surface area contributed by atoms with Gasteiger partial charge in [0.05, 0.1) is 26.4 Å². The van der Waals surface area contributed by atoms with Crippen molar-refractivity contribution in [1.29, 1.82) is 0 Å². The Balaban J connectivity index is 2.30. The lowest BCUT2D eigenvalue weighted by Gasteiger charge is -2.25. The van der Waals surface area contributed by atoms with E-state index in [0.29, 0.717) is 25.7 Å². The smallest absolute Gasteiger partial charge is 0.106 e. The molecule has 0 radical (unpaired) electrons. The van der Waals surface area contributed by atoms with E-state index < -0.39 is 0 Å². The SMILES string of the molecule is OCc1cccc(C2COCCO2)c1CCl. The third kappa shape index (κ3) is 2.38. The third-order valence-electron chi connectivity index (χ3n) is 2.78. The normalized spacial score (nSPS) is 21.0. The monoisotopic (exact) mass is 242 g/mol. The van der Waals surface area contributed by atoms with Gasteiger partial charge in [0.25, 0.3) is 0 Å². The first kappa shape index (κ1) is 11.9. The number of alkyl halides is 1. The zero-order valence-electron chi connectivity index (χ0n) is 8.99. The molecule has 1 aliphatic heterocycles. The van der Waals surface area contributed by atoms with E-state index in [4.69, 9.17) is 21.1 Å². The van der Waals surface area contributed by atoms with E-state index in [1.807, 2.05) is 18.2 Å². The van der Waals surface area contributed by atoms with Crippen molar-refractivity contribution in [2.75, 3.05) is 19.8 Å². The van der Waals surface area contributed by atoms with E-state index in [2.05, 4.69) is 0 Å². The maximum Gasteiger partial charge on any atom is 0.106 e. The van der Waals surface area contributed by atoms with Crippen molar-refractivity contribution in [3.8, 4) is 0 Å². The Morgan fingerprint density at radius 3 is 2.88 bits per heavy atom. The predicted molar refractivity (Wildman–Crippen MR) is 61.4 cm³/mol. The minimum atomic E-state index is -0.0611. The first-order valence-electron chi connectivity index (χ1n) is 5.33. The van der Waals surface area contributed by atoms with Gasteiger partial charge in [-0.25, -0.2) is 0 Å². The fraction of sp³-hybridized carbons (Fsp3) is 0.500. The van der Waals surface area contributed by atoms with E-state index in [-0.39, 0.29) is 12.7 Å². The zero-order chi connectivity index (χ0) is 11.4. The molecule has 16 heavy (non-hydrogen) atoms. The van der Waals surface area contributed by atoms with Gasteiger partial charge in [-0.05, 0) is 16.7 Å². The summed E-state index contributed by atoms with van der Waals surface area (Å²) >= 11 is 5.93. The van der Waals surface area contributed by atoms with E-state index in [0.717, 1.165) is 16.7 Å². The second-order valence-corrected chi connectivity index (χ2v) is 3.98. The summed E-state index contributed by atoms with van der Waals surface area (Å²) in [5.41, 5.74) is 2.85. The minimum absolute atomic E-state index is 0.00344. The second kappa shape index (κ2) is 5.64. The number of aliphatic hydroxyl groups excluding tert-OH is 1. The molecule has 0 aromatic heterocycles. The van der Waals surface area contributed by atoms with Gasteiger partial charge in [0.2, 0.25) is 0 Å². The molecule has 1 unspecified atom stereocenters. The van der Waals surface area contributed by atoms with Crippen LogP contribution in [0.15, 0.2) is 18.2 Å². The molecule has 1 aromatic carbocycles. The van der Waals surface area contributed by atoms with Gasteiger partial charge in [0.15, 0.2) is 0 Å². The predicted octanol–water partition coefficient (Wildman–Crippen LogP) is 2.01. The summed E-state index contributed by atoms with van der Waals surface area (Å²) in [7, 11) is 0. The number of halogens is 1. The van der Waals surface area contributed by atoms with Crippen LogP contribution in [0.4, 0.5) is 0 Å². The molecule has 1 atom stereocenters. The van der Waals surface area contributed by atoms with Gasteiger partial charge in [-0.3, -0.25) is 0 Å². The van der Waals surface area contributed by atoms with Crippen molar-refractivity contribution in [3.05, 3.63) is 34.9 Å². The van der Waals surface area contributed by atoms with Crippen LogP contribution in [-0.4, -0.2) is 24.9 Å². The van der Waals surface area contributed by atoms with Crippen LogP contribution < -0.4 is 0 Å². The summed E-state index contributed by atoms with van der Waals surface area (Å²) < 4.78 is 11.0. The molecular weight excluding hydrogens is 228 g/mol. The molecule has 88 valence electrons. The van der Waals surface area contributed by atoms with Gasteiger partial charge in [-0.1, -0.05) is 18.2 Å². The Kier molecular flexibility index (Phi) is 4.18. The van der Waals surface area contributed by atoms with Gasteiger partial charge >= 0.3 is 0 Å². The Hall–Kier alpha value is -0.610. The van der Waals surface area contributed by atoms with Gasteiger partial charge in [0.1, 0.15) is 6.10 Å². The van der Waals surface area contributed by atoms with Gasteiger partial charge in [-0.2, -0.15) is 0 Å². The van der Waals surface area contributed by atoms with E-state index in [1.54, 1.807) is 0 Å². The summed E-state index contributed by atoms with van der Waals surface area (Å²) in [4.78, 5) is 0. The third-order valence-corrected chi connectivity index (χ3v) is 3.04. The molecule has 0 amide bonds.